The fraction of sp³-hybridized carbons (Fsp3) is 0.706. The van der Waals surface area contributed by atoms with E-state index in [0.29, 0.717) is 17.4 Å². The molecule has 0 saturated heterocycles. The fourth-order valence-corrected chi connectivity index (χ4v) is 5.09. The van der Waals surface area contributed by atoms with Crippen molar-refractivity contribution in [2.45, 2.75) is 51.9 Å². The monoisotopic (exact) mass is 260 g/mol. The van der Waals surface area contributed by atoms with Crippen molar-refractivity contribution >= 4 is 5.97 Å². The summed E-state index contributed by atoms with van der Waals surface area (Å²) in [5.41, 5.74) is 0.920. The molecule has 0 atom stereocenters. The Kier molecular flexibility index (Phi) is 3.28. The van der Waals surface area contributed by atoms with Crippen LogP contribution in [0, 0.1) is 23.2 Å². The maximum atomic E-state index is 11.0. The normalized spacial score (nSPS) is 41.1. The van der Waals surface area contributed by atoms with Gasteiger partial charge in [0.05, 0.1) is 0 Å². The van der Waals surface area contributed by atoms with E-state index in [1.165, 1.54) is 38.5 Å². The lowest BCUT2D eigenvalue weighted by Gasteiger charge is -2.55. The van der Waals surface area contributed by atoms with Gasteiger partial charge in [-0.25, -0.2) is 4.79 Å². The van der Waals surface area contributed by atoms with Crippen LogP contribution in [0.2, 0.25) is 0 Å². The van der Waals surface area contributed by atoms with Gasteiger partial charge in [0, 0.05) is 5.57 Å². The van der Waals surface area contributed by atoms with E-state index in [1.807, 2.05) is 13.0 Å². The molecule has 0 amide bonds. The third-order valence-corrected chi connectivity index (χ3v) is 5.49. The van der Waals surface area contributed by atoms with Crippen LogP contribution in [0.5, 0.6) is 0 Å². The predicted molar refractivity (Wildman–Crippen MR) is 75.8 cm³/mol. The first kappa shape index (κ1) is 13.0. The number of carboxylic acids is 1. The molecule has 2 nitrogen and oxygen atoms in total. The highest BCUT2D eigenvalue weighted by molar-refractivity contribution is 5.86. The van der Waals surface area contributed by atoms with Crippen LogP contribution in [-0.4, -0.2) is 11.1 Å². The molecule has 4 rings (SSSR count). The number of rotatable bonds is 4. The van der Waals surface area contributed by atoms with Crippen molar-refractivity contribution in [1.29, 1.82) is 0 Å². The van der Waals surface area contributed by atoms with Gasteiger partial charge in [0.2, 0.25) is 0 Å². The van der Waals surface area contributed by atoms with E-state index in [9.17, 15) is 4.79 Å². The number of carbonyl (C=O) groups is 1. The SMILES string of the molecule is CCC(=CC=CC12CC3CC(CC(C3)C1)C2)C(=O)O. The molecule has 0 radical (unpaired) electrons. The van der Waals surface area contributed by atoms with E-state index in [0.717, 1.165) is 17.8 Å². The summed E-state index contributed by atoms with van der Waals surface area (Å²) in [6, 6.07) is 0. The molecule has 0 heterocycles. The Morgan fingerprint density at radius 2 is 1.68 bits per heavy atom. The van der Waals surface area contributed by atoms with Gasteiger partial charge in [-0.05, 0) is 68.1 Å². The molecule has 104 valence electrons. The lowest BCUT2D eigenvalue weighted by atomic mass is 9.49. The molecule has 0 unspecified atom stereocenters. The lowest BCUT2D eigenvalue weighted by molar-refractivity contribution is -0.132. The largest absolute Gasteiger partial charge is 0.478 e. The third-order valence-electron chi connectivity index (χ3n) is 5.49. The Morgan fingerprint density at radius 3 is 2.11 bits per heavy atom. The zero-order chi connectivity index (χ0) is 13.5. The molecule has 0 aromatic rings. The molecule has 0 aliphatic heterocycles. The predicted octanol–water partition coefficient (Wildman–Crippen LogP) is 4.18. The van der Waals surface area contributed by atoms with Crippen LogP contribution in [-0.2, 0) is 4.79 Å². The maximum absolute atomic E-state index is 11.0. The lowest BCUT2D eigenvalue weighted by Crippen LogP contribution is -2.44. The van der Waals surface area contributed by atoms with Gasteiger partial charge >= 0.3 is 5.97 Å². The number of aliphatic carboxylic acids is 1. The zero-order valence-corrected chi connectivity index (χ0v) is 11.8. The molecule has 0 spiro atoms. The van der Waals surface area contributed by atoms with Gasteiger partial charge in [-0.2, -0.15) is 0 Å². The highest BCUT2D eigenvalue weighted by Gasteiger charge is 2.49. The first-order valence-electron chi connectivity index (χ1n) is 7.72. The van der Waals surface area contributed by atoms with Gasteiger partial charge in [0.25, 0.3) is 0 Å². The van der Waals surface area contributed by atoms with Crippen molar-refractivity contribution in [2.75, 3.05) is 0 Å². The molecule has 4 fully saturated rings. The summed E-state index contributed by atoms with van der Waals surface area (Å²) in [5.74, 6) is 2.07. The smallest absolute Gasteiger partial charge is 0.331 e. The minimum atomic E-state index is -0.780. The maximum Gasteiger partial charge on any atom is 0.331 e. The molecule has 2 heteroatoms. The second-order valence-electron chi connectivity index (χ2n) is 6.99. The van der Waals surface area contributed by atoms with E-state index >= 15 is 0 Å². The molecule has 1 N–H and O–H groups in total. The van der Waals surface area contributed by atoms with Gasteiger partial charge in [0.15, 0.2) is 0 Å². The summed E-state index contributed by atoms with van der Waals surface area (Å²) in [4.78, 5) is 11.0. The van der Waals surface area contributed by atoms with Crippen LogP contribution in [0.1, 0.15) is 51.9 Å². The Hall–Kier alpha value is -1.05. The van der Waals surface area contributed by atoms with Crippen LogP contribution < -0.4 is 0 Å². The Labute approximate surface area is 115 Å². The average Bonchev–Trinajstić information content (AvgIpc) is 2.32. The number of carboxylic acid groups (broad SMARTS) is 1. The standard InChI is InChI=1S/C17H24O2/c1-2-15(16(18)19)4-3-5-17-9-12-6-13(10-17)8-14(7-12)11-17/h3-5,12-14H,2,6-11H2,1H3,(H,18,19). The number of hydrogen-bond donors (Lipinski definition) is 1. The van der Waals surface area contributed by atoms with Gasteiger partial charge in [-0.3, -0.25) is 0 Å². The summed E-state index contributed by atoms with van der Waals surface area (Å²) in [7, 11) is 0. The first-order valence-corrected chi connectivity index (χ1v) is 7.72. The zero-order valence-electron chi connectivity index (χ0n) is 11.8. The summed E-state index contributed by atoms with van der Waals surface area (Å²) in [5, 5.41) is 9.03. The molecular weight excluding hydrogens is 236 g/mol. The van der Waals surface area contributed by atoms with E-state index in [4.69, 9.17) is 5.11 Å². The van der Waals surface area contributed by atoms with Gasteiger partial charge in [-0.1, -0.05) is 25.2 Å². The van der Waals surface area contributed by atoms with Gasteiger partial charge in [0.1, 0.15) is 0 Å². The molecule has 0 aromatic heterocycles. The molecule has 4 bridgehead atoms. The van der Waals surface area contributed by atoms with Crippen molar-refractivity contribution < 1.29 is 9.90 Å². The summed E-state index contributed by atoms with van der Waals surface area (Å²) in [6.45, 7) is 1.90. The Morgan fingerprint density at radius 1 is 1.16 bits per heavy atom. The minimum Gasteiger partial charge on any atom is -0.478 e. The minimum absolute atomic E-state index is 0.405. The first-order chi connectivity index (χ1) is 9.10. The quantitative estimate of drug-likeness (QED) is 0.608. The average molecular weight is 260 g/mol. The van der Waals surface area contributed by atoms with Crippen molar-refractivity contribution in [2.24, 2.45) is 23.2 Å². The van der Waals surface area contributed by atoms with Crippen molar-refractivity contribution in [1.82, 2.24) is 0 Å². The molecule has 4 aliphatic carbocycles. The Bertz CT molecular complexity index is 395. The summed E-state index contributed by atoms with van der Waals surface area (Å²) >= 11 is 0. The van der Waals surface area contributed by atoms with E-state index in [1.54, 1.807) is 6.08 Å². The van der Waals surface area contributed by atoms with Crippen LogP contribution in [0.25, 0.3) is 0 Å². The van der Waals surface area contributed by atoms with Crippen LogP contribution >= 0.6 is 0 Å². The topological polar surface area (TPSA) is 37.3 Å². The van der Waals surface area contributed by atoms with E-state index < -0.39 is 5.97 Å². The highest BCUT2D eigenvalue weighted by atomic mass is 16.4. The molecule has 0 aromatic carbocycles. The molecule has 19 heavy (non-hydrogen) atoms. The van der Waals surface area contributed by atoms with Crippen molar-refractivity contribution in [3.63, 3.8) is 0 Å². The third kappa shape index (κ3) is 2.50. The summed E-state index contributed by atoms with van der Waals surface area (Å²) < 4.78 is 0. The molecule has 4 aliphatic rings. The molecular formula is C17H24O2. The van der Waals surface area contributed by atoms with Crippen molar-refractivity contribution in [3.8, 4) is 0 Å². The second-order valence-corrected chi connectivity index (χ2v) is 6.99. The van der Waals surface area contributed by atoms with Crippen LogP contribution in [0.15, 0.2) is 23.8 Å². The van der Waals surface area contributed by atoms with E-state index in [2.05, 4.69) is 6.08 Å². The number of hydrogen-bond acceptors (Lipinski definition) is 1. The van der Waals surface area contributed by atoms with Crippen LogP contribution in [0.3, 0.4) is 0 Å². The van der Waals surface area contributed by atoms with E-state index in [-0.39, 0.29) is 0 Å². The fourth-order valence-electron chi connectivity index (χ4n) is 5.09. The Balaban J connectivity index is 1.74. The highest BCUT2D eigenvalue weighted by Crippen LogP contribution is 2.60. The van der Waals surface area contributed by atoms with Gasteiger partial charge in [-0.15, -0.1) is 0 Å². The number of allylic oxidation sites excluding steroid dienone is 3. The molecule has 4 saturated carbocycles. The van der Waals surface area contributed by atoms with Crippen LogP contribution in [0.4, 0.5) is 0 Å². The summed E-state index contributed by atoms with van der Waals surface area (Å²) in [6.07, 6.45) is 15.2. The second kappa shape index (κ2) is 4.81. The van der Waals surface area contributed by atoms with Crippen molar-refractivity contribution in [3.05, 3.63) is 23.8 Å². The van der Waals surface area contributed by atoms with Gasteiger partial charge < -0.3 is 5.11 Å².